The van der Waals surface area contributed by atoms with Crippen molar-refractivity contribution in [2.45, 2.75) is 25.8 Å². The van der Waals surface area contributed by atoms with E-state index in [1.54, 1.807) is 10.8 Å². The molecule has 1 aromatic heterocycles. The first-order valence-corrected chi connectivity index (χ1v) is 5.20. The number of H-pyrrole nitrogens is 1. The summed E-state index contributed by atoms with van der Waals surface area (Å²) in [5.74, 6) is 0.550. The number of hydrogen-bond acceptors (Lipinski definition) is 2. The summed E-state index contributed by atoms with van der Waals surface area (Å²) in [6.45, 7) is 2.13. The summed E-state index contributed by atoms with van der Waals surface area (Å²) in [6.07, 6.45) is 7.78. The first kappa shape index (κ1) is 9.96. The molecule has 1 heterocycles. The third kappa shape index (κ3) is 1.93. The van der Waals surface area contributed by atoms with Crippen LogP contribution < -0.4 is 11.2 Å². The summed E-state index contributed by atoms with van der Waals surface area (Å²) in [5.41, 5.74) is -0.667. The lowest BCUT2D eigenvalue weighted by Crippen LogP contribution is -2.30. The quantitative estimate of drug-likeness (QED) is 0.736. The third-order valence-corrected chi connectivity index (χ3v) is 2.88. The van der Waals surface area contributed by atoms with Gasteiger partial charge in [0.05, 0.1) is 6.04 Å². The second-order valence-electron chi connectivity index (χ2n) is 3.87. The highest BCUT2D eigenvalue weighted by Gasteiger charge is 2.19. The van der Waals surface area contributed by atoms with Crippen molar-refractivity contribution in [1.82, 2.24) is 9.55 Å². The van der Waals surface area contributed by atoms with Gasteiger partial charge in [-0.15, -0.1) is 0 Å². The molecule has 0 saturated carbocycles. The van der Waals surface area contributed by atoms with Gasteiger partial charge in [-0.25, -0.2) is 4.79 Å². The lowest BCUT2D eigenvalue weighted by Gasteiger charge is -2.12. The zero-order valence-corrected chi connectivity index (χ0v) is 8.64. The zero-order valence-electron chi connectivity index (χ0n) is 8.64. The summed E-state index contributed by atoms with van der Waals surface area (Å²) in [5, 5.41) is 0. The van der Waals surface area contributed by atoms with Crippen molar-refractivity contribution in [2.75, 3.05) is 0 Å². The number of allylic oxidation sites excluding steroid dienone is 2. The van der Waals surface area contributed by atoms with Gasteiger partial charge in [0.1, 0.15) is 0 Å². The maximum atomic E-state index is 11.5. The summed E-state index contributed by atoms with van der Waals surface area (Å²) < 4.78 is 1.58. The molecule has 0 bridgehead atoms. The van der Waals surface area contributed by atoms with Gasteiger partial charge < -0.3 is 0 Å². The van der Waals surface area contributed by atoms with E-state index in [-0.39, 0.29) is 17.3 Å². The fourth-order valence-electron chi connectivity index (χ4n) is 1.95. The third-order valence-electron chi connectivity index (χ3n) is 2.88. The Morgan fingerprint density at radius 2 is 2.27 bits per heavy atom. The molecule has 4 nitrogen and oxygen atoms in total. The molecule has 0 aliphatic heterocycles. The highest BCUT2D eigenvalue weighted by atomic mass is 16.2. The van der Waals surface area contributed by atoms with E-state index in [4.69, 9.17) is 0 Å². The molecule has 0 unspecified atom stereocenters. The molecule has 80 valence electrons. The second-order valence-corrected chi connectivity index (χ2v) is 3.87. The summed E-state index contributed by atoms with van der Waals surface area (Å²) in [4.78, 5) is 24.7. The van der Waals surface area contributed by atoms with Crippen molar-refractivity contribution in [3.63, 3.8) is 0 Å². The van der Waals surface area contributed by atoms with Crippen LogP contribution >= 0.6 is 0 Å². The Hall–Kier alpha value is -1.58. The minimum absolute atomic E-state index is 0.0966. The van der Waals surface area contributed by atoms with Gasteiger partial charge in [0.15, 0.2) is 0 Å². The molecular weight excluding hydrogens is 192 g/mol. The van der Waals surface area contributed by atoms with Crippen LogP contribution in [-0.4, -0.2) is 9.55 Å². The monoisotopic (exact) mass is 206 g/mol. The minimum Gasteiger partial charge on any atom is -0.294 e. The van der Waals surface area contributed by atoms with Crippen molar-refractivity contribution in [1.29, 1.82) is 0 Å². The lowest BCUT2D eigenvalue weighted by atomic mass is 10.1. The Morgan fingerprint density at radius 3 is 2.87 bits per heavy atom. The molecule has 0 spiro atoms. The number of rotatable bonds is 2. The van der Waals surface area contributed by atoms with Gasteiger partial charge in [-0.1, -0.05) is 19.1 Å². The van der Waals surface area contributed by atoms with Gasteiger partial charge in [0, 0.05) is 12.3 Å². The fourth-order valence-corrected chi connectivity index (χ4v) is 1.95. The molecule has 4 heteroatoms. The van der Waals surface area contributed by atoms with Crippen LogP contribution in [0.25, 0.3) is 0 Å². The molecule has 0 saturated heterocycles. The van der Waals surface area contributed by atoms with E-state index in [0.717, 1.165) is 12.8 Å². The van der Waals surface area contributed by atoms with Crippen LogP contribution in [0.1, 0.15) is 25.8 Å². The Morgan fingerprint density at radius 1 is 1.47 bits per heavy atom. The molecule has 1 aromatic rings. The molecular formula is C11H14N2O2. The first-order chi connectivity index (χ1) is 7.20. The topological polar surface area (TPSA) is 54.9 Å². The summed E-state index contributed by atoms with van der Waals surface area (Å²) in [6, 6.07) is 1.48. The SMILES string of the molecule is CC[C@@H]1C=C[C@H](n2ccc(=O)[nH]c2=O)C1. The molecule has 2 rings (SSSR count). The van der Waals surface area contributed by atoms with Gasteiger partial charge in [-0.3, -0.25) is 14.3 Å². The van der Waals surface area contributed by atoms with Gasteiger partial charge >= 0.3 is 5.69 Å². The van der Waals surface area contributed by atoms with Gasteiger partial charge in [0.2, 0.25) is 0 Å². The molecule has 1 aliphatic rings. The van der Waals surface area contributed by atoms with Crippen LogP contribution in [0.3, 0.4) is 0 Å². The number of nitrogens with one attached hydrogen (secondary N) is 1. The number of aromatic nitrogens is 2. The van der Waals surface area contributed by atoms with Crippen LogP contribution in [0, 0.1) is 5.92 Å². The van der Waals surface area contributed by atoms with Crippen molar-refractivity contribution in [3.8, 4) is 0 Å². The standard InChI is InChI=1S/C11H14N2O2/c1-2-8-3-4-9(7-8)13-6-5-10(14)12-11(13)15/h3-6,8-9H,2,7H2,1H3,(H,12,14,15)/t8-,9+/m1/s1. The predicted molar refractivity (Wildman–Crippen MR) is 57.9 cm³/mol. The Bertz CT molecular complexity index is 484. The lowest BCUT2D eigenvalue weighted by molar-refractivity contribution is 0.479. The Balaban J connectivity index is 2.29. The number of hydrogen-bond donors (Lipinski definition) is 1. The van der Waals surface area contributed by atoms with Crippen LogP contribution in [-0.2, 0) is 0 Å². The molecule has 1 N–H and O–H groups in total. The molecule has 15 heavy (non-hydrogen) atoms. The predicted octanol–water partition coefficient (Wildman–Crippen LogP) is 1.06. The normalized spacial score (nSPS) is 24.6. The largest absolute Gasteiger partial charge is 0.328 e. The smallest absolute Gasteiger partial charge is 0.294 e. The van der Waals surface area contributed by atoms with Crippen LogP contribution in [0.5, 0.6) is 0 Å². The van der Waals surface area contributed by atoms with E-state index in [1.807, 2.05) is 6.08 Å². The molecule has 0 fully saturated rings. The summed E-state index contributed by atoms with van der Waals surface area (Å²) in [7, 11) is 0. The molecule has 2 atom stereocenters. The second kappa shape index (κ2) is 3.88. The van der Waals surface area contributed by atoms with Gasteiger partial charge in [0.25, 0.3) is 5.56 Å². The molecule has 1 aliphatic carbocycles. The van der Waals surface area contributed by atoms with Crippen LogP contribution in [0.15, 0.2) is 34.0 Å². The van der Waals surface area contributed by atoms with Crippen LogP contribution in [0.2, 0.25) is 0 Å². The van der Waals surface area contributed by atoms with E-state index in [0.29, 0.717) is 5.92 Å². The van der Waals surface area contributed by atoms with Crippen molar-refractivity contribution in [2.24, 2.45) is 5.92 Å². The number of nitrogens with zero attached hydrogens (tertiary/aromatic N) is 1. The average Bonchev–Trinajstić information content (AvgIpc) is 2.66. The highest BCUT2D eigenvalue weighted by Crippen LogP contribution is 2.28. The molecule has 0 amide bonds. The van der Waals surface area contributed by atoms with E-state index in [2.05, 4.69) is 18.0 Å². The van der Waals surface area contributed by atoms with Crippen molar-refractivity contribution >= 4 is 0 Å². The van der Waals surface area contributed by atoms with Crippen molar-refractivity contribution in [3.05, 3.63) is 45.3 Å². The maximum absolute atomic E-state index is 11.5. The molecule has 0 radical (unpaired) electrons. The van der Waals surface area contributed by atoms with E-state index in [1.165, 1.54) is 6.07 Å². The Labute approximate surface area is 87.3 Å². The summed E-state index contributed by atoms with van der Waals surface area (Å²) >= 11 is 0. The molecule has 0 aromatic carbocycles. The van der Waals surface area contributed by atoms with E-state index < -0.39 is 0 Å². The van der Waals surface area contributed by atoms with Crippen molar-refractivity contribution < 1.29 is 0 Å². The number of aromatic amines is 1. The zero-order chi connectivity index (χ0) is 10.8. The maximum Gasteiger partial charge on any atom is 0.328 e. The minimum atomic E-state index is -0.342. The highest BCUT2D eigenvalue weighted by molar-refractivity contribution is 5.05. The Kier molecular flexibility index (Phi) is 2.58. The van der Waals surface area contributed by atoms with E-state index >= 15 is 0 Å². The average molecular weight is 206 g/mol. The van der Waals surface area contributed by atoms with Crippen LogP contribution in [0.4, 0.5) is 0 Å². The fraction of sp³-hybridized carbons (Fsp3) is 0.455. The van der Waals surface area contributed by atoms with Gasteiger partial charge in [-0.2, -0.15) is 0 Å². The van der Waals surface area contributed by atoms with E-state index in [9.17, 15) is 9.59 Å². The van der Waals surface area contributed by atoms with Gasteiger partial charge in [-0.05, 0) is 18.8 Å². The first-order valence-electron chi connectivity index (χ1n) is 5.20.